The molecule has 2 amide bonds. The van der Waals surface area contributed by atoms with Gasteiger partial charge in [0.15, 0.2) is 0 Å². The van der Waals surface area contributed by atoms with Gasteiger partial charge in [-0.2, -0.15) is 0 Å². The van der Waals surface area contributed by atoms with Crippen molar-refractivity contribution in [1.82, 2.24) is 14.9 Å². The number of pyridine rings is 2. The van der Waals surface area contributed by atoms with E-state index >= 15 is 0 Å². The van der Waals surface area contributed by atoms with Crippen LogP contribution in [0.1, 0.15) is 82.8 Å². The molecule has 8 nitrogen and oxygen atoms in total. The van der Waals surface area contributed by atoms with Crippen molar-refractivity contribution >= 4 is 28.4 Å². The number of ether oxygens (including phenoxy) is 1. The second-order valence-corrected chi connectivity index (χ2v) is 13.1. The number of hydrogen-bond donors (Lipinski definition) is 2. The molecule has 0 spiro atoms. The molecule has 0 aliphatic carbocycles. The summed E-state index contributed by atoms with van der Waals surface area (Å²) in [5, 5.41) is 4.02. The first-order valence-electron chi connectivity index (χ1n) is 17.1. The first-order valence-corrected chi connectivity index (χ1v) is 17.1. The molecule has 1 fully saturated rings. The summed E-state index contributed by atoms with van der Waals surface area (Å²) in [5.74, 6) is 1.13. The number of aromatic nitrogens is 2. The number of unbranched alkanes of at least 4 members (excludes halogenated alkanes) is 1. The standard InChI is InChI=1S/C39H49N5O3/c1-6-7-9-20-44(35-26-30-15-13-17-40-37(30)42-38(35)45)39(46)41-36-33(27(2)3)24-31(25-34(36)28(4)5)29-14-12-16-32(23-29)47-22-21-43-18-10-8-11-19-43/h6,12-17,23-28H,1,7-11,18-22H2,2-5H3,(H,41,46)(H,40,42,45). The predicted molar refractivity (Wildman–Crippen MR) is 194 cm³/mol. The van der Waals surface area contributed by atoms with Gasteiger partial charge in [0.2, 0.25) is 0 Å². The molecule has 0 saturated carbocycles. The Hall–Kier alpha value is -4.43. The molecule has 3 heterocycles. The number of urea groups is 1. The number of amides is 2. The molecule has 1 aliphatic heterocycles. The number of piperidine rings is 1. The van der Waals surface area contributed by atoms with Crippen LogP contribution in [0, 0.1) is 0 Å². The van der Waals surface area contributed by atoms with Gasteiger partial charge in [-0.3, -0.25) is 14.6 Å². The lowest BCUT2D eigenvalue weighted by atomic mass is 9.88. The molecule has 4 aromatic rings. The molecular formula is C39H49N5O3. The van der Waals surface area contributed by atoms with Gasteiger partial charge in [0.25, 0.3) is 5.56 Å². The van der Waals surface area contributed by atoms with Crippen molar-refractivity contribution in [2.75, 3.05) is 43.0 Å². The zero-order valence-corrected chi connectivity index (χ0v) is 28.4. The number of hydrogen-bond acceptors (Lipinski definition) is 5. The van der Waals surface area contributed by atoms with Gasteiger partial charge in [0.1, 0.15) is 23.7 Å². The SMILES string of the molecule is C=CCCCN(C(=O)Nc1c(C(C)C)cc(-c2cccc(OCCN3CCCCC3)c2)cc1C(C)C)c1cc2cccnc2[nH]c1=O. The number of carbonyl (C=O) groups excluding carboxylic acids is 1. The van der Waals surface area contributed by atoms with Crippen LogP contribution in [-0.4, -0.2) is 53.7 Å². The smallest absolute Gasteiger partial charge is 0.326 e. The number of nitrogens with zero attached hydrogens (tertiary/aromatic N) is 3. The number of nitrogens with one attached hydrogen (secondary N) is 2. The summed E-state index contributed by atoms with van der Waals surface area (Å²) in [5.41, 5.74) is 5.46. The van der Waals surface area contributed by atoms with E-state index < -0.39 is 0 Å². The Kier molecular flexibility index (Phi) is 11.5. The number of fused-ring (bicyclic) bond motifs is 1. The maximum atomic E-state index is 14.2. The highest BCUT2D eigenvalue weighted by atomic mass is 16.5. The van der Waals surface area contributed by atoms with E-state index in [1.165, 1.54) is 19.3 Å². The quantitative estimate of drug-likeness (QED) is 0.113. The molecule has 2 N–H and O–H groups in total. The summed E-state index contributed by atoms with van der Waals surface area (Å²) in [7, 11) is 0. The van der Waals surface area contributed by atoms with E-state index in [1.807, 2.05) is 30.3 Å². The monoisotopic (exact) mass is 635 g/mol. The summed E-state index contributed by atoms with van der Waals surface area (Å²) in [6.45, 7) is 16.7. The van der Waals surface area contributed by atoms with Gasteiger partial charge in [-0.25, -0.2) is 9.78 Å². The lowest BCUT2D eigenvalue weighted by Crippen LogP contribution is -2.39. The highest BCUT2D eigenvalue weighted by molar-refractivity contribution is 6.03. The summed E-state index contributed by atoms with van der Waals surface area (Å²) in [4.78, 5) is 38.5. The zero-order valence-electron chi connectivity index (χ0n) is 28.4. The van der Waals surface area contributed by atoms with Gasteiger partial charge in [-0.1, -0.05) is 52.3 Å². The van der Waals surface area contributed by atoms with E-state index in [9.17, 15) is 9.59 Å². The van der Waals surface area contributed by atoms with Gasteiger partial charge in [0, 0.05) is 30.4 Å². The third-order valence-electron chi connectivity index (χ3n) is 8.89. The van der Waals surface area contributed by atoms with Crippen molar-refractivity contribution in [3.8, 4) is 16.9 Å². The van der Waals surface area contributed by atoms with E-state index in [4.69, 9.17) is 4.74 Å². The van der Waals surface area contributed by atoms with Crippen molar-refractivity contribution in [2.45, 2.75) is 71.6 Å². The minimum atomic E-state index is -0.355. The summed E-state index contributed by atoms with van der Waals surface area (Å²) < 4.78 is 6.21. The van der Waals surface area contributed by atoms with Gasteiger partial charge >= 0.3 is 6.03 Å². The molecule has 0 radical (unpaired) electrons. The maximum Gasteiger partial charge on any atom is 0.326 e. The number of allylic oxidation sites excluding steroid dienone is 1. The molecule has 2 aromatic carbocycles. The lowest BCUT2D eigenvalue weighted by Gasteiger charge is -2.27. The van der Waals surface area contributed by atoms with E-state index in [0.717, 1.165) is 65.1 Å². The van der Waals surface area contributed by atoms with Crippen LogP contribution in [0.2, 0.25) is 0 Å². The number of likely N-dealkylation sites (tertiary alicyclic amines) is 1. The van der Waals surface area contributed by atoms with E-state index in [0.29, 0.717) is 25.2 Å². The topological polar surface area (TPSA) is 90.6 Å². The predicted octanol–water partition coefficient (Wildman–Crippen LogP) is 8.71. The van der Waals surface area contributed by atoms with Crippen molar-refractivity contribution in [3.63, 3.8) is 0 Å². The van der Waals surface area contributed by atoms with Gasteiger partial charge < -0.3 is 15.0 Å². The molecule has 1 saturated heterocycles. The molecular weight excluding hydrogens is 586 g/mol. The Morgan fingerprint density at radius 3 is 2.47 bits per heavy atom. The van der Waals surface area contributed by atoms with Crippen LogP contribution in [0.15, 0.2) is 78.2 Å². The first-order chi connectivity index (χ1) is 22.7. The Labute approximate surface area is 278 Å². The summed E-state index contributed by atoms with van der Waals surface area (Å²) in [6, 6.07) is 17.7. The summed E-state index contributed by atoms with van der Waals surface area (Å²) in [6.07, 6.45) is 8.73. The van der Waals surface area contributed by atoms with Crippen molar-refractivity contribution in [1.29, 1.82) is 0 Å². The first kappa shape index (κ1) is 33.9. The van der Waals surface area contributed by atoms with Gasteiger partial charge in [0.05, 0.1) is 0 Å². The Morgan fingerprint density at radius 1 is 1.02 bits per heavy atom. The maximum absolute atomic E-state index is 14.2. The van der Waals surface area contributed by atoms with Crippen molar-refractivity contribution in [3.05, 3.63) is 94.9 Å². The number of rotatable bonds is 13. The number of benzene rings is 2. The van der Waals surface area contributed by atoms with Crippen LogP contribution in [-0.2, 0) is 0 Å². The number of carbonyl (C=O) groups is 1. The second-order valence-electron chi connectivity index (χ2n) is 13.1. The molecule has 5 rings (SSSR count). The molecule has 0 atom stereocenters. The number of aromatic amines is 1. The van der Waals surface area contributed by atoms with Crippen LogP contribution >= 0.6 is 0 Å². The van der Waals surface area contributed by atoms with Crippen LogP contribution in [0.5, 0.6) is 5.75 Å². The molecule has 1 aliphatic rings. The Morgan fingerprint density at radius 2 is 1.77 bits per heavy atom. The van der Waals surface area contributed by atoms with E-state index in [-0.39, 0.29) is 29.1 Å². The minimum Gasteiger partial charge on any atom is -0.492 e. The van der Waals surface area contributed by atoms with E-state index in [1.54, 1.807) is 17.2 Å². The van der Waals surface area contributed by atoms with Crippen molar-refractivity contribution in [2.24, 2.45) is 0 Å². The third kappa shape index (κ3) is 8.49. The average molecular weight is 636 g/mol. The highest BCUT2D eigenvalue weighted by Crippen LogP contribution is 2.38. The number of H-pyrrole nitrogens is 1. The average Bonchev–Trinajstić information content (AvgIpc) is 3.07. The molecule has 2 aromatic heterocycles. The third-order valence-corrected chi connectivity index (χ3v) is 8.89. The zero-order chi connectivity index (χ0) is 33.3. The second kappa shape index (κ2) is 15.9. The molecule has 0 bridgehead atoms. The van der Waals surface area contributed by atoms with Crippen LogP contribution in [0.25, 0.3) is 22.2 Å². The fourth-order valence-corrected chi connectivity index (χ4v) is 6.27. The Bertz CT molecular complexity index is 1710. The normalized spacial score (nSPS) is 13.7. The van der Waals surface area contributed by atoms with Gasteiger partial charge in [-0.15, -0.1) is 6.58 Å². The molecule has 248 valence electrons. The van der Waals surface area contributed by atoms with E-state index in [2.05, 4.69) is 78.7 Å². The van der Waals surface area contributed by atoms with Crippen LogP contribution in [0.4, 0.5) is 16.2 Å². The largest absolute Gasteiger partial charge is 0.492 e. The fourth-order valence-electron chi connectivity index (χ4n) is 6.27. The fraction of sp³-hybridized carbons (Fsp3) is 0.410. The van der Waals surface area contributed by atoms with Gasteiger partial charge in [-0.05, 0) is 115 Å². The molecule has 0 unspecified atom stereocenters. The van der Waals surface area contributed by atoms with Crippen LogP contribution in [0.3, 0.4) is 0 Å². The highest BCUT2D eigenvalue weighted by Gasteiger charge is 2.24. The molecule has 47 heavy (non-hydrogen) atoms. The summed E-state index contributed by atoms with van der Waals surface area (Å²) >= 11 is 0. The molecule has 8 heteroatoms. The number of anilines is 2. The minimum absolute atomic E-state index is 0.135. The van der Waals surface area contributed by atoms with Crippen LogP contribution < -0.4 is 20.5 Å². The Balaban J connectivity index is 1.45. The lowest BCUT2D eigenvalue weighted by molar-refractivity contribution is 0.183. The van der Waals surface area contributed by atoms with Crippen molar-refractivity contribution < 1.29 is 9.53 Å².